The molecule has 0 saturated carbocycles. The van der Waals surface area contributed by atoms with Crippen LogP contribution in [0.3, 0.4) is 0 Å². The van der Waals surface area contributed by atoms with Crippen molar-refractivity contribution in [1.82, 2.24) is 0 Å². The minimum atomic E-state index is -0.798. The summed E-state index contributed by atoms with van der Waals surface area (Å²) in [6.07, 6.45) is 0. The summed E-state index contributed by atoms with van der Waals surface area (Å²) in [5.74, 6) is -0.644. The third kappa shape index (κ3) is 2.76. The van der Waals surface area contributed by atoms with E-state index in [4.69, 9.17) is 33.2 Å². The van der Waals surface area contributed by atoms with Crippen molar-refractivity contribution >= 4 is 23.2 Å². The number of nitriles is 1. The summed E-state index contributed by atoms with van der Waals surface area (Å²) in [7, 11) is 0. The van der Waals surface area contributed by atoms with Crippen LogP contribution in [-0.4, -0.2) is 12.0 Å². The summed E-state index contributed by atoms with van der Waals surface area (Å²) in [4.78, 5) is 0. The lowest BCUT2D eigenvalue weighted by molar-refractivity contribution is 0.312. The SMILES string of the molecule is N#CC(Cl)COc1cccc(Cl)c1F. The number of benzene rings is 1. The zero-order chi connectivity index (χ0) is 10.6. The van der Waals surface area contributed by atoms with Gasteiger partial charge in [0.15, 0.2) is 16.9 Å². The predicted molar refractivity (Wildman–Crippen MR) is 52.2 cm³/mol. The number of ether oxygens (including phenoxy) is 1. The van der Waals surface area contributed by atoms with Crippen LogP contribution in [0.1, 0.15) is 0 Å². The average molecular weight is 234 g/mol. The van der Waals surface area contributed by atoms with Crippen LogP contribution in [0.15, 0.2) is 18.2 Å². The minimum absolute atomic E-state index is 0.00148. The molecule has 0 fully saturated rings. The molecule has 0 heterocycles. The van der Waals surface area contributed by atoms with Gasteiger partial charge in [0.1, 0.15) is 6.61 Å². The molecule has 0 N–H and O–H groups in total. The van der Waals surface area contributed by atoms with Gasteiger partial charge in [-0.25, -0.2) is 4.39 Å². The van der Waals surface area contributed by atoms with Crippen LogP contribution in [-0.2, 0) is 0 Å². The molecule has 0 aliphatic carbocycles. The van der Waals surface area contributed by atoms with Crippen molar-refractivity contribution in [2.75, 3.05) is 6.61 Å². The monoisotopic (exact) mass is 233 g/mol. The Morgan fingerprint density at radius 2 is 2.29 bits per heavy atom. The molecule has 1 rings (SSSR count). The first kappa shape index (κ1) is 11.1. The maximum absolute atomic E-state index is 13.2. The molecule has 1 aromatic carbocycles. The lowest BCUT2D eigenvalue weighted by Gasteiger charge is -2.07. The van der Waals surface area contributed by atoms with Gasteiger partial charge in [-0.05, 0) is 12.1 Å². The van der Waals surface area contributed by atoms with E-state index in [2.05, 4.69) is 0 Å². The van der Waals surface area contributed by atoms with Gasteiger partial charge in [-0.2, -0.15) is 5.26 Å². The van der Waals surface area contributed by atoms with Crippen LogP contribution < -0.4 is 4.74 Å². The Kier molecular flexibility index (Phi) is 3.99. The molecule has 0 saturated heterocycles. The quantitative estimate of drug-likeness (QED) is 0.753. The van der Waals surface area contributed by atoms with Gasteiger partial charge in [0.05, 0.1) is 11.1 Å². The summed E-state index contributed by atoms with van der Waals surface area (Å²) >= 11 is 11.0. The molecule has 2 nitrogen and oxygen atoms in total. The lowest BCUT2D eigenvalue weighted by Crippen LogP contribution is -2.09. The molecule has 0 aliphatic rings. The Hall–Kier alpha value is -0.980. The third-order valence-electron chi connectivity index (χ3n) is 1.44. The zero-order valence-corrected chi connectivity index (χ0v) is 8.52. The van der Waals surface area contributed by atoms with Crippen molar-refractivity contribution in [3.05, 3.63) is 29.0 Å². The van der Waals surface area contributed by atoms with Gasteiger partial charge in [-0.15, -0.1) is 11.6 Å². The molecule has 0 spiro atoms. The van der Waals surface area contributed by atoms with Gasteiger partial charge >= 0.3 is 0 Å². The minimum Gasteiger partial charge on any atom is -0.488 e. The molecule has 1 aromatic rings. The number of nitrogens with zero attached hydrogens (tertiary/aromatic N) is 1. The fourth-order valence-corrected chi connectivity index (χ4v) is 1.02. The van der Waals surface area contributed by atoms with Gasteiger partial charge < -0.3 is 4.74 Å². The first-order valence-electron chi connectivity index (χ1n) is 3.75. The van der Waals surface area contributed by atoms with Crippen LogP contribution in [0, 0.1) is 17.1 Å². The molecule has 5 heteroatoms. The van der Waals surface area contributed by atoms with Crippen molar-refractivity contribution in [3.8, 4) is 11.8 Å². The number of hydrogen-bond donors (Lipinski definition) is 0. The zero-order valence-electron chi connectivity index (χ0n) is 7.01. The molecular weight excluding hydrogens is 228 g/mol. The summed E-state index contributed by atoms with van der Waals surface area (Å²) in [5, 5.41) is 7.53. The summed E-state index contributed by atoms with van der Waals surface area (Å²) in [5.41, 5.74) is 0. The van der Waals surface area contributed by atoms with Crippen LogP contribution >= 0.6 is 23.2 Å². The molecular formula is C9H6Cl2FNO. The predicted octanol–water partition coefficient (Wildman–Crippen LogP) is 2.99. The van der Waals surface area contributed by atoms with E-state index in [-0.39, 0.29) is 17.4 Å². The number of hydrogen-bond acceptors (Lipinski definition) is 2. The van der Waals surface area contributed by atoms with Gasteiger partial charge in [0.25, 0.3) is 0 Å². The molecule has 0 aliphatic heterocycles. The standard InChI is InChI=1S/C9H6Cl2FNO/c10-6(4-13)5-14-8-3-1-2-7(11)9(8)12/h1-3,6H,5H2. The second kappa shape index (κ2) is 5.04. The van der Waals surface area contributed by atoms with Gasteiger partial charge in [0.2, 0.25) is 0 Å². The topological polar surface area (TPSA) is 33.0 Å². The molecule has 74 valence electrons. The first-order chi connectivity index (χ1) is 6.65. The van der Waals surface area contributed by atoms with Crippen LogP contribution in [0.4, 0.5) is 4.39 Å². The molecule has 1 unspecified atom stereocenters. The first-order valence-corrected chi connectivity index (χ1v) is 4.57. The number of rotatable bonds is 3. The lowest BCUT2D eigenvalue weighted by atomic mass is 10.3. The molecule has 0 radical (unpaired) electrons. The maximum atomic E-state index is 13.2. The van der Waals surface area contributed by atoms with E-state index < -0.39 is 11.2 Å². The molecule has 1 atom stereocenters. The average Bonchev–Trinajstić information content (AvgIpc) is 2.20. The van der Waals surface area contributed by atoms with Crippen LogP contribution in [0.25, 0.3) is 0 Å². The fourth-order valence-electron chi connectivity index (χ4n) is 0.796. The maximum Gasteiger partial charge on any atom is 0.183 e. The van der Waals surface area contributed by atoms with Crippen molar-refractivity contribution < 1.29 is 9.13 Å². The Labute approximate surface area is 90.8 Å². The summed E-state index contributed by atoms with van der Waals surface area (Å²) in [6.45, 7) is -0.0741. The van der Waals surface area contributed by atoms with E-state index >= 15 is 0 Å². The Bertz CT molecular complexity index is 364. The third-order valence-corrected chi connectivity index (χ3v) is 1.96. The summed E-state index contributed by atoms with van der Waals surface area (Å²) < 4.78 is 18.1. The number of alkyl halides is 1. The van der Waals surface area contributed by atoms with E-state index in [1.165, 1.54) is 12.1 Å². The Morgan fingerprint density at radius 3 is 2.93 bits per heavy atom. The van der Waals surface area contributed by atoms with E-state index in [1.54, 1.807) is 12.1 Å². The highest BCUT2D eigenvalue weighted by atomic mass is 35.5. The van der Waals surface area contributed by atoms with E-state index in [0.717, 1.165) is 0 Å². The van der Waals surface area contributed by atoms with E-state index in [9.17, 15) is 4.39 Å². The van der Waals surface area contributed by atoms with Crippen LogP contribution in [0.2, 0.25) is 5.02 Å². The van der Waals surface area contributed by atoms with Crippen molar-refractivity contribution in [3.63, 3.8) is 0 Å². The Balaban J connectivity index is 2.69. The molecule has 14 heavy (non-hydrogen) atoms. The van der Waals surface area contributed by atoms with Crippen molar-refractivity contribution in [2.24, 2.45) is 0 Å². The smallest absolute Gasteiger partial charge is 0.183 e. The van der Waals surface area contributed by atoms with E-state index in [0.29, 0.717) is 0 Å². The van der Waals surface area contributed by atoms with E-state index in [1.807, 2.05) is 0 Å². The van der Waals surface area contributed by atoms with Gasteiger partial charge in [-0.1, -0.05) is 17.7 Å². The van der Waals surface area contributed by atoms with Crippen molar-refractivity contribution in [1.29, 1.82) is 5.26 Å². The van der Waals surface area contributed by atoms with Gasteiger partial charge in [0, 0.05) is 0 Å². The second-order valence-electron chi connectivity index (χ2n) is 2.46. The molecule has 0 bridgehead atoms. The highest BCUT2D eigenvalue weighted by Crippen LogP contribution is 2.24. The van der Waals surface area contributed by atoms with Crippen molar-refractivity contribution in [2.45, 2.75) is 5.38 Å². The highest BCUT2D eigenvalue weighted by Gasteiger charge is 2.09. The Morgan fingerprint density at radius 1 is 1.57 bits per heavy atom. The van der Waals surface area contributed by atoms with Gasteiger partial charge in [-0.3, -0.25) is 0 Å². The number of halogens is 3. The largest absolute Gasteiger partial charge is 0.488 e. The summed E-state index contributed by atoms with van der Waals surface area (Å²) in [6, 6.07) is 6.13. The second-order valence-corrected chi connectivity index (χ2v) is 3.39. The highest BCUT2D eigenvalue weighted by molar-refractivity contribution is 6.30. The molecule has 0 aromatic heterocycles. The fraction of sp³-hybridized carbons (Fsp3) is 0.222. The molecule has 0 amide bonds. The normalized spacial score (nSPS) is 11.9. The van der Waals surface area contributed by atoms with Crippen LogP contribution in [0.5, 0.6) is 5.75 Å².